The second kappa shape index (κ2) is 8.59. The van der Waals surface area contributed by atoms with Crippen LogP contribution in [0.5, 0.6) is 0 Å². The van der Waals surface area contributed by atoms with Crippen LogP contribution >= 0.6 is 22.6 Å². The van der Waals surface area contributed by atoms with E-state index in [1.165, 1.54) is 18.3 Å². The van der Waals surface area contributed by atoms with E-state index in [1.54, 1.807) is 0 Å². The van der Waals surface area contributed by atoms with Crippen LogP contribution in [0.25, 0.3) is 5.69 Å². The van der Waals surface area contributed by atoms with Crippen molar-refractivity contribution in [2.24, 2.45) is 5.10 Å². The third kappa shape index (κ3) is 5.22. The number of nitrogens with one attached hydrogen (secondary N) is 1. The molecule has 3 aromatic rings. The van der Waals surface area contributed by atoms with Crippen LogP contribution in [-0.4, -0.2) is 16.7 Å². The predicted octanol–water partition coefficient (Wildman–Crippen LogP) is 4.79. The first-order valence-corrected chi connectivity index (χ1v) is 9.32. The molecule has 1 heterocycles. The Morgan fingerprint density at radius 2 is 1.86 bits per heavy atom. The summed E-state index contributed by atoms with van der Waals surface area (Å²) in [6.07, 6.45) is -1.28. The summed E-state index contributed by atoms with van der Waals surface area (Å²) >= 11 is 2.22. The molecule has 0 aliphatic rings. The Labute approximate surface area is 173 Å². The molecule has 3 rings (SSSR count). The maximum atomic E-state index is 12.7. The Bertz CT molecular complexity index is 994. The molecule has 1 N–H and O–H groups in total. The zero-order valence-corrected chi connectivity index (χ0v) is 16.6. The maximum absolute atomic E-state index is 12.7. The molecule has 2 aromatic carbocycles. The van der Waals surface area contributed by atoms with E-state index in [4.69, 9.17) is 0 Å². The number of amides is 1. The Kier molecular flexibility index (Phi) is 6.18. The van der Waals surface area contributed by atoms with Crippen molar-refractivity contribution in [3.05, 3.63) is 87.3 Å². The molecular formula is C20H15F3IN3O. The van der Waals surface area contributed by atoms with Crippen molar-refractivity contribution in [1.82, 2.24) is 9.99 Å². The second-order valence-electron chi connectivity index (χ2n) is 5.95. The summed E-state index contributed by atoms with van der Waals surface area (Å²) < 4.78 is 41.2. The van der Waals surface area contributed by atoms with Crippen LogP contribution in [-0.2, 0) is 17.4 Å². The van der Waals surface area contributed by atoms with Gasteiger partial charge in [0, 0.05) is 15.5 Å². The fourth-order valence-corrected chi connectivity index (χ4v) is 2.95. The van der Waals surface area contributed by atoms with Gasteiger partial charge < -0.3 is 4.57 Å². The van der Waals surface area contributed by atoms with Gasteiger partial charge in [-0.3, -0.25) is 4.79 Å². The number of carbonyl (C=O) groups excluding carboxylic acids is 1. The standard InChI is InChI=1S/C20H15F3IN3O/c21-20(22,23)15-4-1-3-14(11-15)12-19(28)26-25-13-18-5-2-10-27(18)17-8-6-16(24)7-9-17/h1-11,13H,12H2,(H,26,28). The monoisotopic (exact) mass is 497 g/mol. The van der Waals surface area contributed by atoms with Crippen molar-refractivity contribution in [2.75, 3.05) is 0 Å². The molecule has 0 saturated heterocycles. The van der Waals surface area contributed by atoms with Crippen molar-refractivity contribution in [3.63, 3.8) is 0 Å². The molecule has 0 bridgehead atoms. The van der Waals surface area contributed by atoms with E-state index in [0.717, 1.165) is 27.1 Å². The van der Waals surface area contributed by atoms with Gasteiger partial charge in [-0.25, -0.2) is 5.43 Å². The molecule has 0 saturated carbocycles. The molecule has 0 unspecified atom stereocenters. The zero-order valence-electron chi connectivity index (χ0n) is 14.4. The lowest BCUT2D eigenvalue weighted by Crippen LogP contribution is -2.20. The summed E-state index contributed by atoms with van der Waals surface area (Å²) in [7, 11) is 0. The number of aromatic nitrogens is 1. The SMILES string of the molecule is O=C(Cc1cccc(C(F)(F)F)c1)NN=Cc1cccn1-c1ccc(I)cc1. The molecule has 0 aliphatic heterocycles. The van der Waals surface area contributed by atoms with Gasteiger partial charge in [0.15, 0.2) is 0 Å². The highest BCUT2D eigenvalue weighted by Gasteiger charge is 2.30. The van der Waals surface area contributed by atoms with Gasteiger partial charge in [0.05, 0.1) is 23.9 Å². The first-order valence-electron chi connectivity index (χ1n) is 8.24. The minimum atomic E-state index is -4.44. The van der Waals surface area contributed by atoms with Gasteiger partial charge >= 0.3 is 6.18 Å². The van der Waals surface area contributed by atoms with E-state index in [0.29, 0.717) is 0 Å². The van der Waals surface area contributed by atoms with E-state index < -0.39 is 17.6 Å². The van der Waals surface area contributed by atoms with E-state index in [9.17, 15) is 18.0 Å². The first-order chi connectivity index (χ1) is 13.3. The van der Waals surface area contributed by atoms with Crippen LogP contribution in [0, 0.1) is 3.57 Å². The zero-order chi connectivity index (χ0) is 20.1. The third-order valence-electron chi connectivity index (χ3n) is 3.89. The fourth-order valence-electron chi connectivity index (χ4n) is 2.59. The van der Waals surface area contributed by atoms with Gasteiger partial charge in [-0.15, -0.1) is 0 Å². The molecule has 144 valence electrons. The normalized spacial score (nSPS) is 11.7. The largest absolute Gasteiger partial charge is 0.416 e. The van der Waals surface area contributed by atoms with Crippen LogP contribution in [0.15, 0.2) is 72.0 Å². The number of alkyl halides is 3. The van der Waals surface area contributed by atoms with Gasteiger partial charge in [0.2, 0.25) is 5.91 Å². The summed E-state index contributed by atoms with van der Waals surface area (Å²) in [5, 5.41) is 3.92. The number of nitrogens with zero attached hydrogens (tertiary/aromatic N) is 2. The van der Waals surface area contributed by atoms with Gasteiger partial charge in [0.25, 0.3) is 0 Å². The van der Waals surface area contributed by atoms with Gasteiger partial charge in [-0.2, -0.15) is 18.3 Å². The van der Waals surface area contributed by atoms with Crippen LogP contribution in [0.3, 0.4) is 0 Å². The molecule has 0 aliphatic carbocycles. The van der Waals surface area contributed by atoms with E-state index >= 15 is 0 Å². The van der Waals surface area contributed by atoms with Gasteiger partial charge in [0.1, 0.15) is 0 Å². The third-order valence-corrected chi connectivity index (χ3v) is 4.61. The van der Waals surface area contributed by atoms with E-state index in [-0.39, 0.29) is 12.0 Å². The number of carbonyl (C=O) groups is 1. The van der Waals surface area contributed by atoms with Crippen LogP contribution in [0.1, 0.15) is 16.8 Å². The summed E-state index contributed by atoms with van der Waals surface area (Å²) in [5.41, 5.74) is 3.53. The molecular weight excluding hydrogens is 482 g/mol. The number of benzene rings is 2. The molecule has 8 heteroatoms. The number of hydrogen-bond acceptors (Lipinski definition) is 2. The van der Waals surface area contributed by atoms with Crippen molar-refractivity contribution in [1.29, 1.82) is 0 Å². The Hall–Kier alpha value is -2.62. The van der Waals surface area contributed by atoms with Crippen molar-refractivity contribution in [2.45, 2.75) is 12.6 Å². The Balaban J connectivity index is 1.64. The lowest BCUT2D eigenvalue weighted by molar-refractivity contribution is -0.137. The lowest BCUT2D eigenvalue weighted by atomic mass is 10.1. The molecule has 0 radical (unpaired) electrons. The van der Waals surface area contributed by atoms with Crippen molar-refractivity contribution < 1.29 is 18.0 Å². The van der Waals surface area contributed by atoms with Crippen molar-refractivity contribution in [3.8, 4) is 5.69 Å². The Morgan fingerprint density at radius 3 is 2.57 bits per heavy atom. The lowest BCUT2D eigenvalue weighted by Gasteiger charge is -2.08. The summed E-state index contributed by atoms with van der Waals surface area (Å²) in [5.74, 6) is -0.497. The molecule has 28 heavy (non-hydrogen) atoms. The fraction of sp³-hybridized carbons (Fsp3) is 0.100. The Morgan fingerprint density at radius 1 is 1.11 bits per heavy atom. The molecule has 0 fully saturated rings. The minimum Gasteiger partial charge on any atom is -0.316 e. The number of hydrazone groups is 1. The van der Waals surface area contributed by atoms with Crippen LogP contribution < -0.4 is 5.43 Å². The molecule has 0 atom stereocenters. The van der Waals surface area contributed by atoms with Gasteiger partial charge in [-0.05, 0) is 70.6 Å². The summed E-state index contributed by atoms with van der Waals surface area (Å²) in [4.78, 5) is 12.0. The summed E-state index contributed by atoms with van der Waals surface area (Å²) in [6.45, 7) is 0. The predicted molar refractivity (Wildman–Crippen MR) is 109 cm³/mol. The second-order valence-corrected chi connectivity index (χ2v) is 7.19. The average Bonchev–Trinajstić information content (AvgIpc) is 3.10. The number of hydrogen-bond donors (Lipinski definition) is 1. The van der Waals surface area contributed by atoms with E-state index in [2.05, 4.69) is 33.1 Å². The molecule has 1 amide bonds. The highest BCUT2D eigenvalue weighted by molar-refractivity contribution is 14.1. The van der Waals surface area contributed by atoms with Crippen LogP contribution in [0.2, 0.25) is 0 Å². The molecule has 4 nitrogen and oxygen atoms in total. The highest BCUT2D eigenvalue weighted by atomic mass is 127. The topological polar surface area (TPSA) is 46.4 Å². The molecule has 1 aromatic heterocycles. The quantitative estimate of drug-likeness (QED) is 0.308. The average molecular weight is 497 g/mol. The smallest absolute Gasteiger partial charge is 0.316 e. The molecule has 0 spiro atoms. The first kappa shape index (κ1) is 20.1. The minimum absolute atomic E-state index is 0.195. The van der Waals surface area contributed by atoms with Gasteiger partial charge in [-0.1, -0.05) is 18.2 Å². The van der Waals surface area contributed by atoms with Crippen LogP contribution in [0.4, 0.5) is 13.2 Å². The van der Waals surface area contributed by atoms with Crippen molar-refractivity contribution >= 4 is 34.7 Å². The van der Waals surface area contributed by atoms with E-state index in [1.807, 2.05) is 47.2 Å². The summed E-state index contributed by atoms with van der Waals surface area (Å²) in [6, 6.07) is 16.3. The number of halogens is 4. The maximum Gasteiger partial charge on any atom is 0.416 e. The highest BCUT2D eigenvalue weighted by Crippen LogP contribution is 2.29. The number of rotatable bonds is 5.